The van der Waals surface area contributed by atoms with Crippen LogP contribution in [-0.2, 0) is 0 Å². The Hall–Kier alpha value is 0.890. The zero-order valence-electron chi connectivity index (χ0n) is 2.92. The third kappa shape index (κ3) is 0.757. The van der Waals surface area contributed by atoms with Crippen molar-refractivity contribution >= 4 is 31.9 Å². The van der Waals surface area contributed by atoms with Crippen molar-refractivity contribution in [1.29, 1.82) is 0 Å². The fourth-order valence-corrected chi connectivity index (χ4v) is 0.748. The summed E-state index contributed by atoms with van der Waals surface area (Å²) in [7, 11) is 0. The van der Waals surface area contributed by atoms with Gasteiger partial charge in [0.2, 0.25) is 0 Å². The van der Waals surface area contributed by atoms with E-state index in [1.54, 1.807) is 0 Å². The molecule has 1 aliphatic carbocycles. The molecule has 1 fully saturated rings. The topological polar surface area (TPSA) is 0 Å². The minimum atomic E-state index is -0.669. The fraction of sp³-hybridized carbons (Fsp3) is 1.00. The molecule has 1 rings (SSSR count). The van der Waals surface area contributed by atoms with E-state index in [1.165, 1.54) is 0 Å². The molecule has 0 spiro atoms. The number of hydrogen-bond acceptors (Lipinski definition) is 0. The SMILES string of the molecule is FC1CC1(Br)Br. The lowest BCUT2D eigenvalue weighted by atomic mass is 10.9. The van der Waals surface area contributed by atoms with Crippen LogP contribution in [0, 0.1) is 0 Å². The van der Waals surface area contributed by atoms with Gasteiger partial charge in [0.15, 0.2) is 0 Å². The Morgan fingerprint density at radius 2 is 1.83 bits per heavy atom. The smallest absolute Gasteiger partial charge is 0.127 e. The summed E-state index contributed by atoms with van der Waals surface area (Å²) in [5.74, 6) is 0. The zero-order chi connectivity index (χ0) is 4.78. The lowest BCUT2D eigenvalue weighted by molar-refractivity contribution is 0.479. The van der Waals surface area contributed by atoms with Crippen molar-refractivity contribution in [3.05, 3.63) is 0 Å². The molecule has 0 radical (unpaired) electrons. The molecule has 36 valence electrons. The molecule has 0 aromatic heterocycles. The average molecular weight is 218 g/mol. The summed E-state index contributed by atoms with van der Waals surface area (Å²) in [5, 5.41) is 0. The quantitative estimate of drug-likeness (QED) is 0.546. The lowest BCUT2D eigenvalue weighted by Crippen LogP contribution is -1.82. The summed E-state index contributed by atoms with van der Waals surface area (Å²) >= 11 is 6.19. The standard InChI is InChI=1S/C3H3Br2F/c4-3(5)1-2(3)6/h2H,1H2. The van der Waals surface area contributed by atoms with Crippen LogP contribution in [0.15, 0.2) is 0 Å². The van der Waals surface area contributed by atoms with Gasteiger partial charge < -0.3 is 0 Å². The Labute approximate surface area is 52.4 Å². The van der Waals surface area contributed by atoms with Gasteiger partial charge >= 0.3 is 0 Å². The molecule has 1 atom stereocenters. The maximum Gasteiger partial charge on any atom is 0.127 e. The first-order valence-corrected chi connectivity index (χ1v) is 3.23. The summed E-state index contributed by atoms with van der Waals surface area (Å²) in [6.07, 6.45) is -0.0648. The van der Waals surface area contributed by atoms with Gasteiger partial charge in [0, 0.05) is 6.42 Å². The lowest BCUT2D eigenvalue weighted by Gasteiger charge is -1.83. The van der Waals surface area contributed by atoms with E-state index < -0.39 is 6.17 Å². The summed E-state index contributed by atoms with van der Waals surface area (Å²) in [5.41, 5.74) is 0. The van der Waals surface area contributed by atoms with E-state index >= 15 is 0 Å². The van der Waals surface area contributed by atoms with Gasteiger partial charge in [-0.3, -0.25) is 0 Å². The maximum absolute atomic E-state index is 11.8. The zero-order valence-corrected chi connectivity index (χ0v) is 6.09. The Morgan fingerprint density at radius 3 is 1.83 bits per heavy atom. The van der Waals surface area contributed by atoms with Gasteiger partial charge in [-0.15, -0.1) is 0 Å². The molecule has 1 unspecified atom stereocenters. The Bertz CT molecular complexity index is 71.2. The van der Waals surface area contributed by atoms with E-state index in [1.807, 2.05) is 0 Å². The van der Waals surface area contributed by atoms with E-state index in [0.717, 1.165) is 0 Å². The van der Waals surface area contributed by atoms with Gasteiger partial charge in [-0.1, -0.05) is 31.9 Å². The molecule has 0 N–H and O–H groups in total. The van der Waals surface area contributed by atoms with Crippen LogP contribution >= 0.6 is 31.9 Å². The maximum atomic E-state index is 11.8. The monoisotopic (exact) mass is 216 g/mol. The second-order valence-electron chi connectivity index (χ2n) is 1.43. The summed E-state index contributed by atoms with van der Waals surface area (Å²) in [4.78, 5) is 0. The second-order valence-corrected chi connectivity index (χ2v) is 5.33. The first-order chi connectivity index (χ1) is 2.63. The van der Waals surface area contributed by atoms with Crippen molar-refractivity contribution in [3.63, 3.8) is 0 Å². The van der Waals surface area contributed by atoms with E-state index in [2.05, 4.69) is 31.9 Å². The molecule has 1 saturated carbocycles. The minimum absolute atomic E-state index is 0.333. The van der Waals surface area contributed by atoms with Crippen LogP contribution in [0.5, 0.6) is 0 Å². The molecule has 0 nitrogen and oxygen atoms in total. The predicted molar refractivity (Wildman–Crippen MR) is 30.1 cm³/mol. The molecule has 0 aliphatic heterocycles. The number of rotatable bonds is 0. The second kappa shape index (κ2) is 1.19. The van der Waals surface area contributed by atoms with Crippen LogP contribution in [0.25, 0.3) is 0 Å². The molecule has 0 heterocycles. The van der Waals surface area contributed by atoms with Crippen LogP contribution in [0.4, 0.5) is 4.39 Å². The summed E-state index contributed by atoms with van der Waals surface area (Å²) in [6, 6.07) is 0. The normalized spacial score (nSPS) is 39.5. The minimum Gasteiger partial charge on any atom is -0.245 e. The van der Waals surface area contributed by atoms with Crippen LogP contribution in [0.3, 0.4) is 0 Å². The highest BCUT2D eigenvalue weighted by molar-refractivity contribution is 9.25. The molecule has 3 heteroatoms. The average Bonchev–Trinajstić information content (AvgIpc) is 1.73. The highest BCUT2D eigenvalue weighted by atomic mass is 79.9. The molecular formula is C3H3Br2F. The third-order valence-electron chi connectivity index (χ3n) is 0.750. The van der Waals surface area contributed by atoms with Gasteiger partial charge in [0.1, 0.15) is 9.41 Å². The third-order valence-corrected chi connectivity index (χ3v) is 2.39. The van der Waals surface area contributed by atoms with Crippen molar-refractivity contribution in [2.75, 3.05) is 0 Å². The highest BCUT2D eigenvalue weighted by Crippen LogP contribution is 2.52. The highest BCUT2D eigenvalue weighted by Gasteiger charge is 2.51. The van der Waals surface area contributed by atoms with Crippen LogP contribution in [0.2, 0.25) is 0 Å². The molecule has 0 saturated heterocycles. The van der Waals surface area contributed by atoms with Crippen molar-refractivity contribution in [1.82, 2.24) is 0 Å². The predicted octanol–water partition coefficient (Wildman–Crippen LogP) is 2.21. The van der Waals surface area contributed by atoms with E-state index in [9.17, 15) is 4.39 Å². The molecule has 6 heavy (non-hydrogen) atoms. The first-order valence-electron chi connectivity index (χ1n) is 1.65. The number of hydrogen-bond donors (Lipinski definition) is 0. The fourth-order valence-electron chi connectivity index (χ4n) is 0.180. The number of halogens is 3. The van der Waals surface area contributed by atoms with Gasteiger partial charge in [-0.05, 0) is 0 Å². The molecule has 0 aromatic rings. The van der Waals surface area contributed by atoms with Crippen LogP contribution in [-0.4, -0.2) is 9.41 Å². The molecule has 0 amide bonds. The molecule has 0 bridgehead atoms. The first kappa shape index (κ1) is 5.04. The Kier molecular flexibility index (Phi) is 0.997. The number of alkyl halides is 3. The van der Waals surface area contributed by atoms with Crippen molar-refractivity contribution in [2.45, 2.75) is 15.8 Å². The van der Waals surface area contributed by atoms with E-state index in [-0.39, 0.29) is 3.23 Å². The van der Waals surface area contributed by atoms with Crippen LogP contribution < -0.4 is 0 Å². The Morgan fingerprint density at radius 1 is 1.67 bits per heavy atom. The van der Waals surface area contributed by atoms with Gasteiger partial charge in [-0.25, -0.2) is 4.39 Å². The van der Waals surface area contributed by atoms with E-state index in [0.29, 0.717) is 6.42 Å². The van der Waals surface area contributed by atoms with E-state index in [4.69, 9.17) is 0 Å². The van der Waals surface area contributed by atoms with Crippen molar-refractivity contribution in [3.8, 4) is 0 Å². The molecule has 1 aliphatic rings. The van der Waals surface area contributed by atoms with Crippen molar-refractivity contribution in [2.24, 2.45) is 0 Å². The largest absolute Gasteiger partial charge is 0.245 e. The van der Waals surface area contributed by atoms with Gasteiger partial charge in [0.25, 0.3) is 0 Å². The van der Waals surface area contributed by atoms with Gasteiger partial charge in [0.05, 0.1) is 0 Å². The molecular weight excluding hydrogens is 215 g/mol. The molecule has 0 aromatic carbocycles. The summed E-state index contributed by atoms with van der Waals surface area (Å²) in [6.45, 7) is 0. The van der Waals surface area contributed by atoms with Gasteiger partial charge in [-0.2, -0.15) is 0 Å². The Balaban J connectivity index is 2.41. The summed E-state index contributed by atoms with van der Waals surface area (Å²) < 4.78 is 11.5. The van der Waals surface area contributed by atoms with Crippen molar-refractivity contribution < 1.29 is 4.39 Å². The van der Waals surface area contributed by atoms with Crippen LogP contribution in [0.1, 0.15) is 6.42 Å².